The zero-order valence-electron chi connectivity index (χ0n) is 31.0. The van der Waals surface area contributed by atoms with Crippen molar-refractivity contribution in [1.29, 1.82) is 0 Å². The maximum absolute atomic E-state index is 6.36. The molecule has 0 fully saturated rings. The van der Waals surface area contributed by atoms with Crippen molar-refractivity contribution in [3.05, 3.63) is 234 Å². The molecular formula is C54H37NO. The number of aryl methyl sites for hydroxylation is 1. The molecule has 9 aromatic carbocycles. The Bertz CT molecular complexity index is 3050. The van der Waals surface area contributed by atoms with Crippen LogP contribution in [0.15, 0.2) is 211 Å². The van der Waals surface area contributed by atoms with Crippen molar-refractivity contribution in [3.8, 4) is 22.3 Å². The van der Waals surface area contributed by atoms with Gasteiger partial charge in [-0.15, -0.1) is 0 Å². The molecule has 11 rings (SSSR count). The van der Waals surface area contributed by atoms with Crippen molar-refractivity contribution in [2.75, 3.05) is 4.90 Å². The van der Waals surface area contributed by atoms with Crippen LogP contribution in [-0.4, -0.2) is 0 Å². The van der Waals surface area contributed by atoms with E-state index >= 15 is 0 Å². The van der Waals surface area contributed by atoms with E-state index in [-0.39, 0.29) is 0 Å². The molecule has 0 N–H and O–H groups in total. The highest BCUT2D eigenvalue weighted by Gasteiger charge is 2.47. The normalized spacial score (nSPS) is 12.9. The van der Waals surface area contributed by atoms with Gasteiger partial charge >= 0.3 is 0 Å². The molecule has 0 radical (unpaired) electrons. The number of rotatable bonds is 6. The molecule has 10 aromatic rings. The van der Waals surface area contributed by atoms with Gasteiger partial charge in [0.05, 0.1) is 11.1 Å². The van der Waals surface area contributed by atoms with Crippen molar-refractivity contribution < 1.29 is 4.42 Å². The SMILES string of the molecule is Cc1cccc2c1-c1ccc(N(c3ccc4oc5ccccc5c4c3)c3cc4ccccc4cc3-c3ccccc3)cc1C2(c1ccccc1)c1ccccc1. The van der Waals surface area contributed by atoms with Crippen LogP contribution in [-0.2, 0) is 5.41 Å². The smallest absolute Gasteiger partial charge is 0.135 e. The fourth-order valence-corrected chi connectivity index (χ4v) is 9.39. The molecule has 0 aliphatic heterocycles. The summed E-state index contributed by atoms with van der Waals surface area (Å²) < 4.78 is 6.36. The molecule has 2 nitrogen and oxygen atoms in total. The molecule has 2 heteroatoms. The van der Waals surface area contributed by atoms with Gasteiger partial charge in [0.25, 0.3) is 0 Å². The molecule has 264 valence electrons. The molecule has 0 amide bonds. The number of nitrogens with zero attached hydrogens (tertiary/aromatic N) is 1. The number of fused-ring (bicyclic) bond motifs is 7. The first-order chi connectivity index (χ1) is 27.7. The summed E-state index contributed by atoms with van der Waals surface area (Å²) in [7, 11) is 0. The summed E-state index contributed by atoms with van der Waals surface area (Å²) in [6, 6.07) is 75.3. The van der Waals surface area contributed by atoms with E-state index in [4.69, 9.17) is 4.42 Å². The molecular weight excluding hydrogens is 679 g/mol. The van der Waals surface area contributed by atoms with Gasteiger partial charge in [0, 0.05) is 27.7 Å². The van der Waals surface area contributed by atoms with Gasteiger partial charge in [0.1, 0.15) is 11.2 Å². The van der Waals surface area contributed by atoms with E-state index in [0.29, 0.717) is 0 Å². The van der Waals surface area contributed by atoms with Crippen molar-refractivity contribution in [2.45, 2.75) is 12.3 Å². The third kappa shape index (κ3) is 4.82. The topological polar surface area (TPSA) is 16.4 Å². The summed E-state index contributed by atoms with van der Waals surface area (Å²) in [5, 5.41) is 4.60. The summed E-state index contributed by atoms with van der Waals surface area (Å²) in [4.78, 5) is 2.47. The van der Waals surface area contributed by atoms with E-state index in [1.54, 1.807) is 0 Å². The van der Waals surface area contributed by atoms with Crippen LogP contribution in [0.2, 0.25) is 0 Å². The Morgan fingerprint density at radius 3 is 1.79 bits per heavy atom. The Labute approximate surface area is 326 Å². The Balaban J connectivity index is 1.25. The summed E-state index contributed by atoms with van der Waals surface area (Å²) in [6.45, 7) is 2.25. The van der Waals surface area contributed by atoms with Crippen LogP contribution >= 0.6 is 0 Å². The van der Waals surface area contributed by atoms with E-state index in [0.717, 1.165) is 39.0 Å². The molecule has 0 spiro atoms. The molecule has 1 heterocycles. The minimum atomic E-state index is -0.531. The minimum Gasteiger partial charge on any atom is -0.456 e. The summed E-state index contributed by atoms with van der Waals surface area (Å²) >= 11 is 0. The van der Waals surface area contributed by atoms with Crippen LogP contribution in [0.1, 0.15) is 27.8 Å². The maximum Gasteiger partial charge on any atom is 0.135 e. The average molecular weight is 716 g/mol. The lowest BCUT2D eigenvalue weighted by molar-refractivity contribution is 0.669. The highest BCUT2D eigenvalue weighted by atomic mass is 16.3. The van der Waals surface area contributed by atoms with E-state index in [1.165, 1.54) is 60.8 Å². The van der Waals surface area contributed by atoms with Crippen LogP contribution in [0, 0.1) is 6.92 Å². The van der Waals surface area contributed by atoms with Crippen molar-refractivity contribution >= 4 is 49.8 Å². The van der Waals surface area contributed by atoms with Crippen molar-refractivity contribution in [1.82, 2.24) is 0 Å². The van der Waals surface area contributed by atoms with Crippen LogP contribution in [0.3, 0.4) is 0 Å². The van der Waals surface area contributed by atoms with Crippen LogP contribution in [0.4, 0.5) is 17.1 Å². The molecule has 1 aromatic heterocycles. The molecule has 0 saturated heterocycles. The third-order valence-electron chi connectivity index (χ3n) is 11.8. The van der Waals surface area contributed by atoms with Gasteiger partial charge in [-0.3, -0.25) is 0 Å². The predicted molar refractivity (Wildman–Crippen MR) is 233 cm³/mol. The first-order valence-electron chi connectivity index (χ1n) is 19.3. The fraction of sp³-hybridized carbons (Fsp3) is 0.0370. The lowest BCUT2D eigenvalue weighted by atomic mass is 9.67. The van der Waals surface area contributed by atoms with E-state index in [9.17, 15) is 0 Å². The summed E-state index contributed by atoms with van der Waals surface area (Å²) in [6.07, 6.45) is 0. The monoisotopic (exact) mass is 715 g/mol. The predicted octanol–water partition coefficient (Wildman–Crippen LogP) is 14.5. The highest BCUT2D eigenvalue weighted by molar-refractivity contribution is 6.07. The van der Waals surface area contributed by atoms with Crippen molar-refractivity contribution in [3.63, 3.8) is 0 Å². The zero-order valence-corrected chi connectivity index (χ0v) is 31.0. The summed E-state index contributed by atoms with van der Waals surface area (Å²) in [5.41, 5.74) is 15.8. The maximum atomic E-state index is 6.36. The standard InChI is InChI=1S/C54H37NO/c1-36-16-15-26-48-53(36)45-30-28-43(35-49(45)54(48,40-21-7-3-8-22-40)41-23-9-4-10-24-41)55(42-29-31-52-47(34-42)44-25-13-14-27-51(44)56-52)50-33-39-20-12-11-19-38(39)32-46(50)37-17-5-2-6-18-37/h2-35H,1H3. The number of hydrogen-bond donors (Lipinski definition) is 0. The second kappa shape index (κ2) is 12.7. The van der Waals surface area contributed by atoms with Crippen LogP contribution < -0.4 is 4.90 Å². The van der Waals surface area contributed by atoms with Gasteiger partial charge in [-0.05, 0) is 111 Å². The molecule has 0 atom stereocenters. The Hall–Kier alpha value is -7.16. The summed E-state index contributed by atoms with van der Waals surface area (Å²) in [5.74, 6) is 0. The van der Waals surface area contributed by atoms with E-state index in [2.05, 4.69) is 212 Å². The lowest BCUT2D eigenvalue weighted by Crippen LogP contribution is -2.28. The molecule has 1 aliphatic rings. The number of benzene rings is 9. The molecule has 0 bridgehead atoms. The van der Waals surface area contributed by atoms with Gasteiger partial charge in [0.2, 0.25) is 0 Å². The van der Waals surface area contributed by atoms with Crippen LogP contribution in [0.25, 0.3) is 55.0 Å². The molecule has 0 saturated carbocycles. The van der Waals surface area contributed by atoms with Gasteiger partial charge in [-0.1, -0.05) is 158 Å². The number of furan rings is 1. The van der Waals surface area contributed by atoms with Gasteiger partial charge in [-0.25, -0.2) is 0 Å². The second-order valence-corrected chi connectivity index (χ2v) is 14.9. The van der Waals surface area contributed by atoms with Gasteiger partial charge in [0.15, 0.2) is 0 Å². The number of hydrogen-bond acceptors (Lipinski definition) is 2. The molecule has 0 unspecified atom stereocenters. The Kier molecular flexibility index (Phi) is 7.33. The molecule has 1 aliphatic carbocycles. The van der Waals surface area contributed by atoms with Gasteiger partial charge in [-0.2, -0.15) is 0 Å². The minimum absolute atomic E-state index is 0.531. The average Bonchev–Trinajstić information content (AvgIpc) is 3.78. The second-order valence-electron chi connectivity index (χ2n) is 14.9. The first kappa shape index (κ1) is 32.3. The Morgan fingerprint density at radius 1 is 0.429 bits per heavy atom. The van der Waals surface area contributed by atoms with Gasteiger partial charge < -0.3 is 9.32 Å². The Morgan fingerprint density at radius 2 is 1.04 bits per heavy atom. The van der Waals surface area contributed by atoms with E-state index < -0.39 is 5.41 Å². The first-order valence-corrected chi connectivity index (χ1v) is 19.3. The zero-order chi connectivity index (χ0) is 37.2. The number of para-hydroxylation sites is 1. The van der Waals surface area contributed by atoms with Crippen LogP contribution in [0.5, 0.6) is 0 Å². The third-order valence-corrected chi connectivity index (χ3v) is 11.8. The largest absolute Gasteiger partial charge is 0.456 e. The fourth-order valence-electron chi connectivity index (χ4n) is 9.39. The molecule has 56 heavy (non-hydrogen) atoms. The number of anilines is 3. The lowest BCUT2D eigenvalue weighted by Gasteiger charge is -2.35. The van der Waals surface area contributed by atoms with E-state index in [1.807, 2.05) is 6.07 Å². The quantitative estimate of drug-likeness (QED) is 0.170. The highest BCUT2D eigenvalue weighted by Crippen LogP contribution is 2.58. The van der Waals surface area contributed by atoms with Crippen molar-refractivity contribution in [2.24, 2.45) is 0 Å².